The summed E-state index contributed by atoms with van der Waals surface area (Å²) in [7, 11) is 0. The molecule has 1 aromatic carbocycles. The van der Waals surface area contributed by atoms with Gasteiger partial charge in [0, 0.05) is 10.0 Å². The maximum atomic E-state index is 12.8. The van der Waals surface area contributed by atoms with Crippen LogP contribution in [-0.2, 0) is 16.0 Å². The van der Waals surface area contributed by atoms with Gasteiger partial charge in [-0.05, 0) is 40.5 Å². The lowest BCUT2D eigenvalue weighted by molar-refractivity contribution is -0.142. The van der Waals surface area contributed by atoms with E-state index < -0.39 is 12.4 Å². The Kier molecular flexibility index (Phi) is 5.23. The number of benzene rings is 1. The molecule has 18 heavy (non-hydrogen) atoms. The van der Waals surface area contributed by atoms with E-state index in [0.717, 1.165) is 6.07 Å². The van der Waals surface area contributed by atoms with Crippen LogP contribution in [0.1, 0.15) is 30.0 Å². The Morgan fingerprint density at radius 3 is 2.72 bits per heavy atom. The molecular formula is C12H10BrF2NO2. The highest BCUT2D eigenvalue weighted by Crippen LogP contribution is 2.31. The zero-order valence-corrected chi connectivity index (χ0v) is 11.1. The summed E-state index contributed by atoms with van der Waals surface area (Å²) in [6.45, 7) is 1.87. The molecule has 3 nitrogen and oxygen atoms in total. The molecule has 0 aliphatic rings. The van der Waals surface area contributed by atoms with Crippen molar-refractivity contribution < 1.29 is 18.3 Å². The Labute approximate surface area is 111 Å². The van der Waals surface area contributed by atoms with E-state index in [-0.39, 0.29) is 28.6 Å². The Bertz CT molecular complexity index is 498. The maximum Gasteiger partial charge on any atom is 0.310 e. The van der Waals surface area contributed by atoms with Crippen molar-refractivity contribution in [3.63, 3.8) is 0 Å². The SMILES string of the molecule is CCOC(=O)Cc1cc(C#N)cc(C(F)F)c1Br. The van der Waals surface area contributed by atoms with E-state index in [1.54, 1.807) is 13.0 Å². The third-order valence-electron chi connectivity index (χ3n) is 2.18. The number of esters is 1. The summed E-state index contributed by atoms with van der Waals surface area (Å²) in [5.41, 5.74) is 0.115. The van der Waals surface area contributed by atoms with Crippen LogP contribution >= 0.6 is 15.9 Å². The monoisotopic (exact) mass is 317 g/mol. The first-order valence-electron chi connectivity index (χ1n) is 5.15. The van der Waals surface area contributed by atoms with Crippen LogP contribution in [0.3, 0.4) is 0 Å². The molecule has 0 unspecified atom stereocenters. The number of hydrogen-bond donors (Lipinski definition) is 0. The number of halogens is 3. The van der Waals surface area contributed by atoms with Crippen LogP contribution < -0.4 is 0 Å². The van der Waals surface area contributed by atoms with Crippen LogP contribution in [0.15, 0.2) is 16.6 Å². The Morgan fingerprint density at radius 2 is 2.22 bits per heavy atom. The molecule has 0 amide bonds. The number of nitrogens with zero attached hydrogens (tertiary/aromatic N) is 1. The van der Waals surface area contributed by atoms with Gasteiger partial charge < -0.3 is 4.74 Å². The summed E-state index contributed by atoms with van der Waals surface area (Å²) >= 11 is 3.03. The first-order valence-corrected chi connectivity index (χ1v) is 5.95. The van der Waals surface area contributed by atoms with E-state index in [1.807, 2.05) is 0 Å². The first kappa shape index (κ1) is 14.6. The second kappa shape index (κ2) is 6.45. The lowest BCUT2D eigenvalue weighted by Crippen LogP contribution is -2.09. The average Bonchev–Trinajstić information content (AvgIpc) is 2.31. The summed E-state index contributed by atoms with van der Waals surface area (Å²) in [4.78, 5) is 11.3. The van der Waals surface area contributed by atoms with Crippen LogP contribution in [0.2, 0.25) is 0 Å². The fourth-order valence-electron chi connectivity index (χ4n) is 1.43. The first-order chi connectivity index (χ1) is 8.49. The molecule has 0 radical (unpaired) electrons. The fraction of sp³-hybridized carbons (Fsp3) is 0.333. The summed E-state index contributed by atoms with van der Waals surface area (Å²) in [6.07, 6.45) is -2.86. The topological polar surface area (TPSA) is 50.1 Å². The molecule has 96 valence electrons. The highest BCUT2D eigenvalue weighted by molar-refractivity contribution is 9.10. The van der Waals surface area contributed by atoms with Gasteiger partial charge in [-0.2, -0.15) is 5.26 Å². The van der Waals surface area contributed by atoms with Crippen molar-refractivity contribution in [1.29, 1.82) is 5.26 Å². The molecule has 0 aliphatic heterocycles. The molecule has 0 aliphatic carbocycles. The summed E-state index contributed by atoms with van der Waals surface area (Å²) in [6, 6.07) is 4.29. The second-order valence-corrected chi connectivity index (χ2v) is 4.23. The molecule has 0 saturated heterocycles. The third kappa shape index (κ3) is 3.50. The molecule has 1 aromatic rings. The van der Waals surface area contributed by atoms with Gasteiger partial charge in [-0.3, -0.25) is 4.79 Å². The van der Waals surface area contributed by atoms with Gasteiger partial charge in [-0.15, -0.1) is 0 Å². The molecule has 0 bridgehead atoms. The zero-order chi connectivity index (χ0) is 13.7. The molecule has 0 spiro atoms. The van der Waals surface area contributed by atoms with Gasteiger partial charge in [0.05, 0.1) is 24.7 Å². The van der Waals surface area contributed by atoms with E-state index in [9.17, 15) is 13.6 Å². The summed E-state index contributed by atoms with van der Waals surface area (Å²) < 4.78 is 30.4. The number of carbonyl (C=O) groups is 1. The lowest BCUT2D eigenvalue weighted by atomic mass is 10.0. The highest BCUT2D eigenvalue weighted by atomic mass is 79.9. The number of rotatable bonds is 4. The summed E-state index contributed by atoms with van der Waals surface area (Å²) in [5.74, 6) is -0.520. The van der Waals surface area contributed by atoms with E-state index in [0.29, 0.717) is 5.56 Å². The van der Waals surface area contributed by atoms with Crippen LogP contribution in [0.4, 0.5) is 8.78 Å². The Hall–Kier alpha value is -1.48. The zero-order valence-electron chi connectivity index (χ0n) is 9.54. The smallest absolute Gasteiger partial charge is 0.310 e. The molecule has 0 saturated carbocycles. The van der Waals surface area contributed by atoms with Gasteiger partial charge in [0.15, 0.2) is 0 Å². The second-order valence-electron chi connectivity index (χ2n) is 3.43. The van der Waals surface area contributed by atoms with Crippen molar-refractivity contribution in [2.24, 2.45) is 0 Å². The van der Waals surface area contributed by atoms with Gasteiger partial charge in [0.25, 0.3) is 6.43 Å². The van der Waals surface area contributed by atoms with Crippen molar-refractivity contribution in [3.05, 3.63) is 33.3 Å². The molecule has 0 heterocycles. The number of ether oxygens (including phenoxy) is 1. The molecule has 0 atom stereocenters. The van der Waals surface area contributed by atoms with Gasteiger partial charge in [0.1, 0.15) is 0 Å². The van der Waals surface area contributed by atoms with Gasteiger partial charge >= 0.3 is 5.97 Å². The van der Waals surface area contributed by atoms with Crippen molar-refractivity contribution in [1.82, 2.24) is 0 Å². The van der Waals surface area contributed by atoms with Gasteiger partial charge in [-0.25, -0.2) is 8.78 Å². The highest BCUT2D eigenvalue weighted by Gasteiger charge is 2.18. The van der Waals surface area contributed by atoms with Crippen LogP contribution in [-0.4, -0.2) is 12.6 Å². The van der Waals surface area contributed by atoms with E-state index in [1.165, 1.54) is 6.07 Å². The quantitative estimate of drug-likeness (QED) is 0.800. The number of carbonyl (C=O) groups excluding carboxylic acids is 1. The van der Waals surface area contributed by atoms with Crippen molar-refractivity contribution in [2.75, 3.05) is 6.61 Å². The molecule has 0 fully saturated rings. The van der Waals surface area contributed by atoms with Crippen LogP contribution in [0.25, 0.3) is 0 Å². The van der Waals surface area contributed by atoms with Gasteiger partial charge in [-0.1, -0.05) is 0 Å². The molecular weight excluding hydrogens is 308 g/mol. The largest absolute Gasteiger partial charge is 0.466 e. The van der Waals surface area contributed by atoms with E-state index in [2.05, 4.69) is 15.9 Å². The Morgan fingerprint density at radius 1 is 1.56 bits per heavy atom. The molecule has 0 aromatic heterocycles. The minimum absolute atomic E-state index is 0.0906. The Balaban J connectivity index is 3.14. The van der Waals surface area contributed by atoms with Crippen LogP contribution in [0, 0.1) is 11.3 Å². The molecule has 1 rings (SSSR count). The minimum atomic E-state index is -2.71. The normalized spacial score (nSPS) is 10.2. The fourth-order valence-corrected chi connectivity index (χ4v) is 1.97. The van der Waals surface area contributed by atoms with E-state index >= 15 is 0 Å². The van der Waals surface area contributed by atoms with Crippen molar-refractivity contribution >= 4 is 21.9 Å². The van der Waals surface area contributed by atoms with Crippen molar-refractivity contribution in [3.8, 4) is 6.07 Å². The average molecular weight is 318 g/mol. The maximum absolute atomic E-state index is 12.8. The minimum Gasteiger partial charge on any atom is -0.466 e. The van der Waals surface area contributed by atoms with E-state index in [4.69, 9.17) is 10.00 Å². The standard InChI is InChI=1S/C12H10BrF2NO2/c1-2-18-10(17)5-8-3-7(6-16)4-9(11(8)13)12(14)15/h3-4,12H,2,5H2,1H3. The predicted molar refractivity (Wildman–Crippen MR) is 64.2 cm³/mol. The number of nitriles is 1. The number of hydrogen-bond acceptors (Lipinski definition) is 3. The molecule has 6 heteroatoms. The van der Waals surface area contributed by atoms with Crippen molar-refractivity contribution in [2.45, 2.75) is 19.8 Å². The predicted octanol–water partition coefficient (Wildman–Crippen LogP) is 3.36. The third-order valence-corrected chi connectivity index (χ3v) is 3.15. The molecule has 0 N–H and O–H groups in total. The van der Waals surface area contributed by atoms with Gasteiger partial charge in [0.2, 0.25) is 0 Å². The lowest BCUT2D eigenvalue weighted by Gasteiger charge is -2.10. The number of alkyl halides is 2. The van der Waals surface area contributed by atoms with Crippen LogP contribution in [0.5, 0.6) is 0 Å². The summed E-state index contributed by atoms with van der Waals surface area (Å²) in [5, 5.41) is 8.77.